The summed E-state index contributed by atoms with van der Waals surface area (Å²) in [6.07, 6.45) is -5.99. The summed E-state index contributed by atoms with van der Waals surface area (Å²) in [6.45, 7) is 9.35. The van der Waals surface area contributed by atoms with E-state index < -0.39 is 89.0 Å². The van der Waals surface area contributed by atoms with Crippen LogP contribution in [0.3, 0.4) is 0 Å². The molecule has 10 atom stereocenters. The predicted molar refractivity (Wildman–Crippen MR) is 211 cm³/mol. The van der Waals surface area contributed by atoms with Crippen LogP contribution in [-0.2, 0) is 41.2 Å². The van der Waals surface area contributed by atoms with Gasteiger partial charge in [0.15, 0.2) is 34.8 Å². The number of phosphoric ester groups is 2. The number of nitrogens with zero attached hydrogens (tertiary/aromatic N) is 8. The van der Waals surface area contributed by atoms with Crippen LogP contribution in [0.2, 0.25) is 0 Å². The zero-order valence-electron chi connectivity index (χ0n) is 33.1. The van der Waals surface area contributed by atoms with Gasteiger partial charge < -0.3 is 46.5 Å². The van der Waals surface area contributed by atoms with Crippen molar-refractivity contribution in [2.45, 2.75) is 82.6 Å². The molecule has 0 saturated carbocycles. The lowest BCUT2D eigenvalue weighted by atomic mass is 10.1. The first-order valence-corrected chi connectivity index (χ1v) is 22.5. The molecule has 0 radical (unpaired) electrons. The summed E-state index contributed by atoms with van der Waals surface area (Å²) >= 11 is 0. The summed E-state index contributed by atoms with van der Waals surface area (Å²) in [7, 11) is -9.79. The molecule has 7 rings (SSSR count). The van der Waals surface area contributed by atoms with Crippen molar-refractivity contribution in [1.29, 1.82) is 0 Å². The molecule has 3 aliphatic heterocycles. The van der Waals surface area contributed by atoms with E-state index in [1.54, 1.807) is 0 Å². The van der Waals surface area contributed by atoms with Crippen molar-refractivity contribution < 1.29 is 51.2 Å². The number of aliphatic hydroxyl groups excluding tert-OH is 1. The van der Waals surface area contributed by atoms with Crippen LogP contribution in [0.4, 0.5) is 11.9 Å². The molecule has 4 aromatic rings. The standard InChI is InChI=1S/C32H51N13O13P2/c1-4-42(5-2)9-7-8-10-43(6-3)11-12-52-60(51)54-14-18-24(22(46)30(56-18)45-16-37-21-26(45)39-32(35)41-28(21)48)57-59(49,50)53-13-17-23(58-60)19(33)29(55-17)44-15-36-20-25(44)38-31(34)40-27(20)47/h15-19,22-24,29-30,46H,4-14,33H2,1-3H3,(H,49,50)(H3,34,38,40,47)(H3,35,39,41,48)/t17-,18-,19?,22?,23?,24?,29-,30-,60?/m1/s1. The van der Waals surface area contributed by atoms with Gasteiger partial charge in [-0.25, -0.2) is 19.1 Å². The first kappa shape index (κ1) is 44.3. The molecule has 3 saturated heterocycles. The Balaban J connectivity index is 1.16. The molecule has 6 unspecified atom stereocenters. The normalized spacial score (nSPS) is 31.5. The van der Waals surface area contributed by atoms with Crippen molar-refractivity contribution >= 4 is 49.9 Å². The van der Waals surface area contributed by atoms with Crippen molar-refractivity contribution in [2.24, 2.45) is 5.73 Å². The lowest BCUT2D eigenvalue weighted by Gasteiger charge is -2.30. The minimum absolute atomic E-state index is 0.000198. The van der Waals surface area contributed by atoms with E-state index >= 15 is 0 Å². The van der Waals surface area contributed by atoms with Gasteiger partial charge in [-0.2, -0.15) is 9.97 Å². The second-order valence-corrected chi connectivity index (χ2v) is 17.4. The smallest absolute Gasteiger partial charge is 0.386 e. The molecule has 0 aliphatic carbocycles. The van der Waals surface area contributed by atoms with E-state index in [0.717, 1.165) is 45.3 Å². The molecule has 0 bridgehead atoms. The van der Waals surface area contributed by atoms with Gasteiger partial charge in [-0.05, 0) is 45.6 Å². The maximum atomic E-state index is 14.8. The fourth-order valence-electron chi connectivity index (χ4n) is 7.44. The van der Waals surface area contributed by atoms with Gasteiger partial charge in [0.2, 0.25) is 11.9 Å². The zero-order chi connectivity index (χ0) is 42.9. The topological polar surface area (TPSA) is 351 Å². The first-order valence-electron chi connectivity index (χ1n) is 19.5. The molecular formula is C32H51N13O13P2. The number of nitrogen functional groups attached to an aromatic ring is 2. The minimum Gasteiger partial charge on any atom is -0.386 e. The van der Waals surface area contributed by atoms with Crippen molar-refractivity contribution in [3.63, 3.8) is 0 Å². The Bertz CT molecular complexity index is 2340. The number of aromatic amines is 2. The van der Waals surface area contributed by atoms with Crippen molar-refractivity contribution in [3.8, 4) is 0 Å². The number of H-pyrrole nitrogens is 2. The fourth-order valence-corrected chi connectivity index (χ4v) is 9.81. The van der Waals surface area contributed by atoms with Gasteiger partial charge in [-0.1, -0.05) is 20.8 Å². The van der Waals surface area contributed by atoms with Crippen molar-refractivity contribution in [2.75, 3.05) is 70.6 Å². The molecule has 26 nitrogen and oxygen atoms in total. The molecular weight excluding hydrogens is 836 g/mol. The van der Waals surface area contributed by atoms with Crippen LogP contribution < -0.4 is 28.3 Å². The van der Waals surface area contributed by atoms with Crippen LogP contribution in [-0.4, -0.2) is 154 Å². The van der Waals surface area contributed by atoms with Gasteiger partial charge in [0, 0.05) is 6.54 Å². The SMILES string of the molecule is CCN(CC)CCCCN(CC)CCOP1(=O)OC[C@H]2O[C@@H](n3cnc4c(=O)[nH]c(N)nc43)C(O)C2OP(=O)(O)OC[C@H]2O[C@@H](n3cnc4c(=O)[nH]c(N)nc43)C(N)C2O1. The summed E-state index contributed by atoms with van der Waals surface area (Å²) in [4.78, 5) is 61.6. The highest BCUT2D eigenvalue weighted by Gasteiger charge is 2.54. The Morgan fingerprint density at radius 2 is 1.35 bits per heavy atom. The number of rotatable bonds is 14. The summed E-state index contributed by atoms with van der Waals surface area (Å²) in [5.74, 6) is -0.463. The number of hydrogen-bond donors (Lipinski definition) is 7. The quantitative estimate of drug-likeness (QED) is 0.0613. The number of fused-ring (bicyclic) bond motifs is 4. The number of likely N-dealkylation sites (N-methyl/N-ethyl adjacent to an activating group) is 1. The minimum atomic E-state index is -5.09. The Morgan fingerprint density at radius 1 is 0.817 bits per heavy atom. The summed E-state index contributed by atoms with van der Waals surface area (Å²) in [5, 5.41) is 11.5. The van der Waals surface area contributed by atoms with Gasteiger partial charge in [0.05, 0.1) is 38.5 Å². The second-order valence-electron chi connectivity index (χ2n) is 14.4. The van der Waals surface area contributed by atoms with Gasteiger partial charge in [0.25, 0.3) is 11.1 Å². The number of hydrogen-bond acceptors (Lipinski definition) is 21. The number of phosphoric acid groups is 2. The van der Waals surface area contributed by atoms with Crippen LogP contribution in [0.5, 0.6) is 0 Å². The predicted octanol–water partition coefficient (Wildman–Crippen LogP) is -0.614. The van der Waals surface area contributed by atoms with Gasteiger partial charge >= 0.3 is 15.6 Å². The summed E-state index contributed by atoms with van der Waals surface area (Å²) in [6, 6.07) is -1.24. The Kier molecular flexibility index (Phi) is 13.5. The second kappa shape index (κ2) is 18.3. The average molecular weight is 888 g/mol. The molecule has 0 aromatic carbocycles. The molecule has 60 heavy (non-hydrogen) atoms. The number of anilines is 2. The van der Waals surface area contributed by atoms with Crippen LogP contribution in [0.1, 0.15) is 46.1 Å². The molecule has 4 aromatic heterocycles. The molecule has 10 N–H and O–H groups in total. The molecule has 0 spiro atoms. The number of imidazole rings is 2. The first-order chi connectivity index (χ1) is 28.6. The number of unbranched alkanes of at least 4 members (excludes halogenated alkanes) is 1. The largest absolute Gasteiger partial charge is 0.475 e. The zero-order valence-corrected chi connectivity index (χ0v) is 34.9. The van der Waals surface area contributed by atoms with Gasteiger partial charge in [-0.3, -0.25) is 51.3 Å². The van der Waals surface area contributed by atoms with Crippen LogP contribution in [0.15, 0.2) is 22.2 Å². The molecule has 0 amide bonds. The molecule has 7 heterocycles. The molecule has 28 heteroatoms. The van der Waals surface area contributed by atoms with E-state index in [2.05, 4.69) is 53.6 Å². The Hall–Kier alpha value is -3.72. The van der Waals surface area contributed by atoms with Crippen LogP contribution >= 0.6 is 15.6 Å². The highest BCUT2D eigenvalue weighted by Crippen LogP contribution is 2.56. The fraction of sp³-hybridized carbons (Fsp3) is 0.688. The highest BCUT2D eigenvalue weighted by molar-refractivity contribution is 7.48. The highest BCUT2D eigenvalue weighted by atomic mass is 31.2. The van der Waals surface area contributed by atoms with E-state index in [1.807, 2.05) is 6.92 Å². The summed E-state index contributed by atoms with van der Waals surface area (Å²) in [5.41, 5.74) is 16.7. The Morgan fingerprint density at radius 3 is 1.95 bits per heavy atom. The van der Waals surface area contributed by atoms with E-state index in [1.165, 1.54) is 15.5 Å². The van der Waals surface area contributed by atoms with Crippen molar-refractivity contribution in [3.05, 3.63) is 33.4 Å². The van der Waals surface area contributed by atoms with Crippen LogP contribution in [0.25, 0.3) is 22.3 Å². The number of nitrogens with two attached hydrogens (primary N) is 3. The van der Waals surface area contributed by atoms with E-state index in [9.17, 15) is 28.7 Å². The maximum absolute atomic E-state index is 14.8. The molecule has 3 aliphatic rings. The van der Waals surface area contributed by atoms with Gasteiger partial charge in [0.1, 0.15) is 30.5 Å². The monoisotopic (exact) mass is 887 g/mol. The van der Waals surface area contributed by atoms with E-state index in [4.69, 9.17) is 49.3 Å². The lowest BCUT2D eigenvalue weighted by molar-refractivity contribution is -0.0687. The van der Waals surface area contributed by atoms with Crippen molar-refractivity contribution in [1.82, 2.24) is 48.8 Å². The Labute approximate surface area is 341 Å². The van der Waals surface area contributed by atoms with Gasteiger partial charge in [-0.15, -0.1) is 0 Å². The third-order valence-electron chi connectivity index (χ3n) is 10.7. The summed E-state index contributed by atoms with van der Waals surface area (Å²) < 4.78 is 71.9. The molecule has 332 valence electrons. The number of aliphatic hydroxyl groups is 1. The maximum Gasteiger partial charge on any atom is 0.475 e. The molecule has 3 fully saturated rings. The van der Waals surface area contributed by atoms with E-state index in [-0.39, 0.29) is 40.8 Å². The number of aromatic nitrogens is 8. The third kappa shape index (κ3) is 9.36. The third-order valence-corrected chi connectivity index (χ3v) is 13.1. The van der Waals surface area contributed by atoms with E-state index in [0.29, 0.717) is 13.1 Å². The van der Waals surface area contributed by atoms with Crippen LogP contribution in [0, 0.1) is 0 Å². The number of nitrogens with one attached hydrogen (secondary N) is 2. The average Bonchev–Trinajstić information content (AvgIpc) is 3.96. The number of ether oxygens (including phenoxy) is 2. The lowest BCUT2D eigenvalue weighted by Crippen LogP contribution is -2.43.